The maximum Gasteiger partial charge on any atom is 0.251 e. The maximum atomic E-state index is 12.1. The van der Waals surface area contributed by atoms with E-state index in [1.54, 1.807) is 31.4 Å². The molecule has 7 nitrogen and oxygen atoms in total. The van der Waals surface area contributed by atoms with Gasteiger partial charge in [0.05, 0.1) is 18.6 Å². The Morgan fingerprint density at radius 2 is 1.58 bits per heavy atom. The van der Waals surface area contributed by atoms with Crippen molar-refractivity contribution in [2.45, 2.75) is 4.90 Å². The second kappa shape index (κ2) is 8.68. The number of nitrogens with zero attached hydrogens (tertiary/aromatic N) is 1. The van der Waals surface area contributed by atoms with Gasteiger partial charge in [0.1, 0.15) is 18.1 Å². The number of amides is 1. The highest BCUT2D eigenvalue weighted by Crippen LogP contribution is 2.17. The minimum Gasteiger partial charge on any atom is -0.497 e. The van der Waals surface area contributed by atoms with Gasteiger partial charge in [-0.3, -0.25) is 4.79 Å². The summed E-state index contributed by atoms with van der Waals surface area (Å²) >= 11 is 0. The number of benzene rings is 2. The number of hydrogen-bond acceptors (Lipinski definition) is 5. The monoisotopic (exact) mass is 378 g/mol. The van der Waals surface area contributed by atoms with Crippen LogP contribution in [0.3, 0.4) is 0 Å². The molecule has 2 aromatic rings. The Labute approximate surface area is 153 Å². The van der Waals surface area contributed by atoms with Gasteiger partial charge in [-0.25, -0.2) is 12.7 Å². The third kappa shape index (κ3) is 4.96. The Morgan fingerprint density at radius 1 is 1.00 bits per heavy atom. The average molecular weight is 378 g/mol. The lowest BCUT2D eigenvalue weighted by molar-refractivity contribution is 0.0947. The molecule has 0 unspecified atom stereocenters. The lowest BCUT2D eigenvalue weighted by atomic mass is 10.2. The molecule has 0 radical (unpaired) electrons. The molecule has 0 saturated heterocycles. The fourth-order valence-electron chi connectivity index (χ4n) is 2.10. The van der Waals surface area contributed by atoms with Crippen LogP contribution in [0.4, 0.5) is 0 Å². The summed E-state index contributed by atoms with van der Waals surface area (Å²) in [5.74, 6) is 1.13. The number of rotatable bonds is 8. The third-order valence-corrected chi connectivity index (χ3v) is 5.44. The van der Waals surface area contributed by atoms with E-state index in [1.165, 1.54) is 38.4 Å². The molecule has 0 bridgehead atoms. The van der Waals surface area contributed by atoms with Crippen molar-refractivity contribution in [2.24, 2.45) is 0 Å². The highest BCUT2D eigenvalue weighted by atomic mass is 32.2. The molecule has 0 atom stereocenters. The summed E-state index contributed by atoms with van der Waals surface area (Å²) in [7, 11) is 1.00. The van der Waals surface area contributed by atoms with Gasteiger partial charge >= 0.3 is 0 Å². The van der Waals surface area contributed by atoms with Gasteiger partial charge in [-0.15, -0.1) is 0 Å². The molecule has 26 heavy (non-hydrogen) atoms. The van der Waals surface area contributed by atoms with E-state index in [1.807, 2.05) is 0 Å². The van der Waals surface area contributed by atoms with E-state index in [0.29, 0.717) is 24.5 Å². The summed E-state index contributed by atoms with van der Waals surface area (Å²) < 4.78 is 35.7. The van der Waals surface area contributed by atoms with Gasteiger partial charge in [-0.2, -0.15) is 0 Å². The van der Waals surface area contributed by atoms with Crippen molar-refractivity contribution in [3.05, 3.63) is 54.1 Å². The summed E-state index contributed by atoms with van der Waals surface area (Å²) in [4.78, 5) is 12.2. The SMILES string of the molecule is COc1ccc(OCCNC(=O)c2ccc(S(=O)(=O)N(C)C)cc2)cc1. The van der Waals surface area contributed by atoms with Gasteiger partial charge in [0.15, 0.2) is 0 Å². The van der Waals surface area contributed by atoms with Crippen molar-refractivity contribution in [1.29, 1.82) is 0 Å². The minimum absolute atomic E-state index is 0.141. The molecule has 0 saturated carbocycles. The fourth-order valence-corrected chi connectivity index (χ4v) is 3.00. The lowest BCUT2D eigenvalue weighted by Gasteiger charge is -2.12. The quantitative estimate of drug-likeness (QED) is 0.708. The highest BCUT2D eigenvalue weighted by molar-refractivity contribution is 7.89. The van der Waals surface area contributed by atoms with Crippen molar-refractivity contribution in [3.8, 4) is 11.5 Å². The van der Waals surface area contributed by atoms with Gasteiger partial charge in [0.2, 0.25) is 10.0 Å². The number of methoxy groups -OCH3 is 1. The third-order valence-electron chi connectivity index (χ3n) is 3.61. The zero-order valence-corrected chi connectivity index (χ0v) is 15.7. The van der Waals surface area contributed by atoms with Crippen LogP contribution >= 0.6 is 0 Å². The Morgan fingerprint density at radius 3 is 2.12 bits per heavy atom. The standard InChI is InChI=1S/C18H22N2O5S/c1-20(2)26(22,23)17-10-4-14(5-11-17)18(21)19-12-13-25-16-8-6-15(24-3)7-9-16/h4-11H,12-13H2,1-3H3,(H,19,21). The number of nitrogens with one attached hydrogen (secondary N) is 1. The zero-order valence-electron chi connectivity index (χ0n) is 14.9. The van der Waals surface area contributed by atoms with Crippen LogP contribution < -0.4 is 14.8 Å². The molecule has 0 spiro atoms. The number of carbonyl (C=O) groups is 1. The van der Waals surface area contributed by atoms with Crippen molar-refractivity contribution in [1.82, 2.24) is 9.62 Å². The smallest absolute Gasteiger partial charge is 0.251 e. The number of carbonyl (C=O) groups excluding carboxylic acids is 1. The van der Waals surface area contributed by atoms with Gasteiger partial charge in [-0.05, 0) is 48.5 Å². The minimum atomic E-state index is -3.50. The summed E-state index contributed by atoms with van der Waals surface area (Å²) in [5, 5.41) is 2.72. The molecule has 0 aliphatic carbocycles. The summed E-state index contributed by atoms with van der Waals surface area (Å²) in [5.41, 5.74) is 0.382. The van der Waals surface area contributed by atoms with Crippen LogP contribution in [0.5, 0.6) is 11.5 Å². The topological polar surface area (TPSA) is 84.9 Å². The number of ether oxygens (including phenoxy) is 2. The second-order valence-electron chi connectivity index (χ2n) is 5.59. The highest BCUT2D eigenvalue weighted by Gasteiger charge is 2.17. The van der Waals surface area contributed by atoms with E-state index in [-0.39, 0.29) is 10.8 Å². The van der Waals surface area contributed by atoms with Crippen LogP contribution in [0.1, 0.15) is 10.4 Å². The molecule has 2 rings (SSSR count). The molecule has 1 N–H and O–H groups in total. The largest absolute Gasteiger partial charge is 0.497 e. The van der Waals surface area contributed by atoms with Gasteiger partial charge in [-0.1, -0.05) is 0 Å². The molecule has 8 heteroatoms. The van der Waals surface area contributed by atoms with E-state index in [4.69, 9.17) is 9.47 Å². The molecule has 0 fully saturated rings. The molecule has 0 aliphatic heterocycles. The molecule has 140 valence electrons. The van der Waals surface area contributed by atoms with E-state index in [0.717, 1.165) is 10.1 Å². The van der Waals surface area contributed by atoms with Crippen LogP contribution in [-0.4, -0.2) is 53.0 Å². The van der Waals surface area contributed by atoms with Crippen molar-refractivity contribution in [3.63, 3.8) is 0 Å². The first-order valence-corrected chi connectivity index (χ1v) is 9.36. The Balaban J connectivity index is 1.84. The lowest BCUT2D eigenvalue weighted by Crippen LogP contribution is -2.28. The molecule has 0 aliphatic rings. The zero-order chi connectivity index (χ0) is 19.2. The normalized spacial score (nSPS) is 11.2. The average Bonchev–Trinajstić information content (AvgIpc) is 2.65. The van der Waals surface area contributed by atoms with E-state index in [2.05, 4.69) is 5.32 Å². The van der Waals surface area contributed by atoms with Crippen LogP contribution in [0.15, 0.2) is 53.4 Å². The second-order valence-corrected chi connectivity index (χ2v) is 7.74. The van der Waals surface area contributed by atoms with Gasteiger partial charge in [0.25, 0.3) is 5.91 Å². The van der Waals surface area contributed by atoms with Crippen LogP contribution in [0.2, 0.25) is 0 Å². The Bertz CT molecular complexity index is 831. The predicted molar refractivity (Wildman–Crippen MR) is 98.1 cm³/mol. The van der Waals surface area contributed by atoms with Crippen LogP contribution in [0.25, 0.3) is 0 Å². The predicted octanol–water partition coefficient (Wildman–Crippen LogP) is 1.75. The van der Waals surface area contributed by atoms with Gasteiger partial charge < -0.3 is 14.8 Å². The Hall–Kier alpha value is -2.58. The first-order valence-electron chi connectivity index (χ1n) is 7.92. The molecular formula is C18H22N2O5S. The van der Waals surface area contributed by atoms with E-state index < -0.39 is 10.0 Å². The van der Waals surface area contributed by atoms with Crippen molar-refractivity contribution >= 4 is 15.9 Å². The maximum absolute atomic E-state index is 12.1. The van der Waals surface area contributed by atoms with E-state index in [9.17, 15) is 13.2 Å². The number of hydrogen-bond donors (Lipinski definition) is 1. The van der Waals surface area contributed by atoms with Crippen LogP contribution in [-0.2, 0) is 10.0 Å². The van der Waals surface area contributed by atoms with E-state index >= 15 is 0 Å². The molecule has 0 heterocycles. The summed E-state index contributed by atoms with van der Waals surface area (Å²) in [6.07, 6.45) is 0. The first kappa shape index (κ1) is 19.7. The van der Waals surface area contributed by atoms with Crippen molar-refractivity contribution in [2.75, 3.05) is 34.4 Å². The molecule has 0 aromatic heterocycles. The molecular weight excluding hydrogens is 356 g/mol. The molecule has 1 amide bonds. The molecule has 2 aromatic carbocycles. The Kier molecular flexibility index (Phi) is 6.59. The van der Waals surface area contributed by atoms with Crippen LogP contribution in [0, 0.1) is 0 Å². The van der Waals surface area contributed by atoms with Gasteiger partial charge in [0, 0.05) is 19.7 Å². The number of sulfonamides is 1. The summed E-state index contributed by atoms with van der Waals surface area (Å²) in [6, 6.07) is 12.9. The summed E-state index contributed by atoms with van der Waals surface area (Å²) in [6.45, 7) is 0.633. The fraction of sp³-hybridized carbons (Fsp3) is 0.278. The first-order chi connectivity index (χ1) is 12.3. The van der Waals surface area contributed by atoms with Crippen molar-refractivity contribution < 1.29 is 22.7 Å².